The van der Waals surface area contributed by atoms with Crippen LogP contribution in [0, 0.1) is 0 Å². The van der Waals surface area contributed by atoms with Crippen molar-refractivity contribution in [3.05, 3.63) is 58.6 Å². The summed E-state index contributed by atoms with van der Waals surface area (Å²) in [4.78, 5) is 12.0. The lowest BCUT2D eigenvalue weighted by Crippen LogP contribution is -2.34. The van der Waals surface area contributed by atoms with Gasteiger partial charge in [0.1, 0.15) is 11.8 Å². The Morgan fingerprint density at radius 1 is 1.26 bits per heavy atom. The fourth-order valence-corrected chi connectivity index (χ4v) is 2.12. The molecule has 0 radical (unpaired) electrons. The van der Waals surface area contributed by atoms with Crippen LogP contribution in [0.3, 0.4) is 0 Å². The number of anilines is 1. The van der Waals surface area contributed by atoms with Gasteiger partial charge in [-0.25, -0.2) is 5.43 Å². The fourth-order valence-electron chi connectivity index (χ4n) is 1.85. The number of carbonyl (C=O) groups excluding carboxylic acids is 1. The standard InChI is InChI=1S/C17H18BrN3O2/c1-12(20-15-8-6-14(18)7-9-15)17(22)21-19-11-13-4-3-5-16(10-13)23-2/h3-12,20H,1-2H3,(H,21,22)/b19-11-/t12-/m0/s1. The minimum atomic E-state index is -0.404. The van der Waals surface area contributed by atoms with Gasteiger partial charge in [-0.3, -0.25) is 4.79 Å². The largest absolute Gasteiger partial charge is 0.497 e. The van der Waals surface area contributed by atoms with Crippen molar-refractivity contribution in [1.29, 1.82) is 0 Å². The van der Waals surface area contributed by atoms with Crippen LogP contribution >= 0.6 is 15.9 Å². The van der Waals surface area contributed by atoms with E-state index in [0.717, 1.165) is 21.5 Å². The zero-order valence-electron chi connectivity index (χ0n) is 12.9. The van der Waals surface area contributed by atoms with Crippen molar-refractivity contribution in [2.45, 2.75) is 13.0 Å². The van der Waals surface area contributed by atoms with Crippen molar-refractivity contribution in [1.82, 2.24) is 5.43 Å². The second kappa shape index (κ2) is 8.33. The normalized spacial score (nSPS) is 12.0. The summed E-state index contributed by atoms with van der Waals surface area (Å²) in [5.41, 5.74) is 4.23. The molecule has 0 aliphatic carbocycles. The minimum Gasteiger partial charge on any atom is -0.497 e. The van der Waals surface area contributed by atoms with E-state index in [2.05, 4.69) is 31.8 Å². The van der Waals surface area contributed by atoms with Crippen molar-refractivity contribution in [2.24, 2.45) is 5.10 Å². The lowest BCUT2D eigenvalue weighted by molar-refractivity contribution is -0.121. The predicted octanol–water partition coefficient (Wildman–Crippen LogP) is 3.41. The first-order chi connectivity index (χ1) is 11.1. The van der Waals surface area contributed by atoms with E-state index >= 15 is 0 Å². The number of nitrogens with zero attached hydrogens (tertiary/aromatic N) is 1. The van der Waals surface area contributed by atoms with Crippen molar-refractivity contribution in [2.75, 3.05) is 12.4 Å². The minimum absolute atomic E-state index is 0.216. The molecule has 0 aliphatic rings. The van der Waals surface area contributed by atoms with E-state index in [4.69, 9.17) is 4.74 Å². The first kappa shape index (κ1) is 17.0. The molecule has 2 rings (SSSR count). The van der Waals surface area contributed by atoms with Crippen LogP contribution in [0.1, 0.15) is 12.5 Å². The maximum absolute atomic E-state index is 12.0. The number of halogens is 1. The lowest BCUT2D eigenvalue weighted by Gasteiger charge is -2.13. The number of rotatable bonds is 6. The Hall–Kier alpha value is -2.34. The van der Waals surface area contributed by atoms with Crippen molar-refractivity contribution >= 4 is 33.7 Å². The molecule has 0 unspecified atom stereocenters. The van der Waals surface area contributed by atoms with E-state index in [1.165, 1.54) is 0 Å². The van der Waals surface area contributed by atoms with Crippen LogP contribution in [0.2, 0.25) is 0 Å². The maximum atomic E-state index is 12.0. The number of carbonyl (C=O) groups is 1. The number of benzene rings is 2. The first-order valence-corrected chi connectivity index (χ1v) is 7.87. The van der Waals surface area contributed by atoms with E-state index in [-0.39, 0.29) is 5.91 Å². The van der Waals surface area contributed by atoms with Crippen molar-refractivity contribution in [3.63, 3.8) is 0 Å². The molecule has 2 aromatic carbocycles. The number of ether oxygens (including phenoxy) is 1. The summed E-state index contributed by atoms with van der Waals surface area (Å²) in [6.45, 7) is 1.78. The van der Waals surface area contributed by atoms with E-state index in [1.54, 1.807) is 20.2 Å². The zero-order valence-corrected chi connectivity index (χ0v) is 14.5. The second-order valence-corrected chi connectivity index (χ2v) is 5.80. The molecule has 1 amide bonds. The Bertz CT molecular complexity index is 686. The molecule has 2 N–H and O–H groups in total. The van der Waals surface area contributed by atoms with Crippen LogP contribution in [0.25, 0.3) is 0 Å². The van der Waals surface area contributed by atoms with Gasteiger partial charge in [-0.15, -0.1) is 0 Å². The molecule has 0 fully saturated rings. The third-order valence-electron chi connectivity index (χ3n) is 3.10. The third-order valence-corrected chi connectivity index (χ3v) is 3.63. The van der Waals surface area contributed by atoms with E-state index < -0.39 is 6.04 Å². The molecular weight excluding hydrogens is 358 g/mol. The number of amides is 1. The summed E-state index contributed by atoms with van der Waals surface area (Å²) in [6, 6.07) is 14.6. The number of hydrogen-bond donors (Lipinski definition) is 2. The van der Waals surface area contributed by atoms with Gasteiger partial charge in [0.05, 0.1) is 13.3 Å². The molecule has 120 valence electrons. The Kier molecular flexibility index (Phi) is 6.17. The van der Waals surface area contributed by atoms with Gasteiger partial charge < -0.3 is 10.1 Å². The number of hydrazone groups is 1. The predicted molar refractivity (Wildman–Crippen MR) is 96.0 cm³/mol. The van der Waals surface area contributed by atoms with Gasteiger partial charge in [-0.2, -0.15) is 5.10 Å². The van der Waals surface area contributed by atoms with Gasteiger partial charge in [-0.1, -0.05) is 28.1 Å². The Morgan fingerprint density at radius 3 is 2.70 bits per heavy atom. The van der Waals surface area contributed by atoms with Gasteiger partial charge in [-0.05, 0) is 48.9 Å². The molecule has 0 saturated heterocycles. The molecule has 5 nitrogen and oxygen atoms in total. The van der Waals surface area contributed by atoms with Gasteiger partial charge in [0.25, 0.3) is 5.91 Å². The summed E-state index contributed by atoms with van der Waals surface area (Å²) in [6.07, 6.45) is 1.58. The molecular formula is C17H18BrN3O2. The second-order valence-electron chi connectivity index (χ2n) is 4.88. The molecule has 0 spiro atoms. The number of methoxy groups -OCH3 is 1. The summed E-state index contributed by atoms with van der Waals surface area (Å²) in [7, 11) is 1.60. The monoisotopic (exact) mass is 375 g/mol. The maximum Gasteiger partial charge on any atom is 0.262 e. The summed E-state index contributed by atoms with van der Waals surface area (Å²) in [5, 5.41) is 7.08. The van der Waals surface area contributed by atoms with Gasteiger partial charge in [0.15, 0.2) is 0 Å². The molecule has 6 heteroatoms. The average molecular weight is 376 g/mol. The van der Waals surface area contributed by atoms with E-state index in [9.17, 15) is 4.79 Å². The van der Waals surface area contributed by atoms with Gasteiger partial charge >= 0.3 is 0 Å². The smallest absolute Gasteiger partial charge is 0.262 e. The first-order valence-electron chi connectivity index (χ1n) is 7.07. The SMILES string of the molecule is COc1cccc(/C=N\NC(=O)[C@H](C)Nc2ccc(Br)cc2)c1. The summed E-state index contributed by atoms with van der Waals surface area (Å²) in [5.74, 6) is 0.526. The van der Waals surface area contributed by atoms with E-state index in [0.29, 0.717) is 0 Å². The van der Waals surface area contributed by atoms with Gasteiger partial charge in [0.2, 0.25) is 0 Å². The lowest BCUT2D eigenvalue weighted by atomic mass is 10.2. The van der Waals surface area contributed by atoms with Crippen molar-refractivity contribution in [3.8, 4) is 5.75 Å². The Morgan fingerprint density at radius 2 is 2.00 bits per heavy atom. The summed E-state index contributed by atoms with van der Waals surface area (Å²) >= 11 is 3.37. The zero-order chi connectivity index (χ0) is 16.7. The van der Waals surface area contributed by atoms with Crippen LogP contribution in [0.4, 0.5) is 5.69 Å². The van der Waals surface area contributed by atoms with Crippen LogP contribution < -0.4 is 15.5 Å². The van der Waals surface area contributed by atoms with Crippen LogP contribution in [-0.2, 0) is 4.79 Å². The topological polar surface area (TPSA) is 62.7 Å². The molecule has 2 aromatic rings. The molecule has 0 aliphatic heterocycles. The van der Waals surface area contributed by atoms with Crippen LogP contribution in [0.5, 0.6) is 5.75 Å². The highest BCUT2D eigenvalue weighted by Crippen LogP contribution is 2.15. The highest BCUT2D eigenvalue weighted by molar-refractivity contribution is 9.10. The number of nitrogens with one attached hydrogen (secondary N) is 2. The van der Waals surface area contributed by atoms with Crippen LogP contribution in [0.15, 0.2) is 58.1 Å². The molecule has 1 atom stereocenters. The highest BCUT2D eigenvalue weighted by atomic mass is 79.9. The van der Waals surface area contributed by atoms with Crippen molar-refractivity contribution < 1.29 is 9.53 Å². The highest BCUT2D eigenvalue weighted by Gasteiger charge is 2.11. The molecule has 0 saturated carbocycles. The Balaban J connectivity index is 1.88. The summed E-state index contributed by atoms with van der Waals surface area (Å²) < 4.78 is 6.12. The van der Waals surface area contributed by atoms with E-state index in [1.807, 2.05) is 48.5 Å². The fraction of sp³-hybridized carbons (Fsp3) is 0.176. The average Bonchev–Trinajstić information content (AvgIpc) is 2.57. The Labute approximate surface area is 143 Å². The van der Waals surface area contributed by atoms with Gasteiger partial charge in [0, 0.05) is 10.2 Å². The molecule has 23 heavy (non-hydrogen) atoms. The number of hydrogen-bond acceptors (Lipinski definition) is 4. The third kappa shape index (κ3) is 5.41. The molecule has 0 heterocycles. The molecule has 0 aromatic heterocycles. The van der Waals surface area contributed by atoms with Crippen LogP contribution in [-0.4, -0.2) is 25.3 Å². The quantitative estimate of drug-likeness (QED) is 0.600. The molecule has 0 bridgehead atoms.